The number of hydrogen-bond donors (Lipinski definition) is 3. The molecule has 0 aromatic carbocycles. The van der Waals surface area contributed by atoms with Gasteiger partial charge in [0.2, 0.25) is 11.8 Å². The number of nitrogens with one attached hydrogen (secondary N) is 2. The number of rotatable bonds is 10. The van der Waals surface area contributed by atoms with E-state index in [0.29, 0.717) is 5.92 Å². The van der Waals surface area contributed by atoms with Gasteiger partial charge in [0.25, 0.3) is 0 Å². The number of carbonyl (C=O) groups is 3. The summed E-state index contributed by atoms with van der Waals surface area (Å²) in [5, 5.41) is 14.1. The number of carboxylic acids is 1. The van der Waals surface area contributed by atoms with Gasteiger partial charge in [0, 0.05) is 18.7 Å². The molecule has 2 unspecified atom stereocenters. The minimum Gasteiger partial charge on any atom is -0.480 e. The third-order valence-electron chi connectivity index (χ3n) is 2.78. The van der Waals surface area contributed by atoms with Crippen molar-refractivity contribution in [3.8, 4) is 0 Å². The highest BCUT2D eigenvalue weighted by molar-refractivity contribution is 8.00. The quantitative estimate of drug-likeness (QED) is 0.563. The molecule has 0 heterocycles. The molecule has 2 atom stereocenters. The third kappa shape index (κ3) is 11.1. The summed E-state index contributed by atoms with van der Waals surface area (Å²) in [6.07, 6.45) is 1.98. The molecule has 0 fully saturated rings. The Morgan fingerprint density at radius 1 is 1.10 bits per heavy atom. The van der Waals surface area contributed by atoms with Gasteiger partial charge < -0.3 is 15.7 Å². The van der Waals surface area contributed by atoms with Gasteiger partial charge in [0.15, 0.2) is 0 Å². The Morgan fingerprint density at radius 3 is 2.19 bits per heavy atom. The Morgan fingerprint density at radius 2 is 1.71 bits per heavy atom. The number of hydrogen-bond acceptors (Lipinski definition) is 4. The largest absolute Gasteiger partial charge is 0.480 e. The van der Waals surface area contributed by atoms with Crippen molar-refractivity contribution in [2.24, 2.45) is 5.92 Å². The van der Waals surface area contributed by atoms with Gasteiger partial charge in [-0.25, -0.2) is 4.79 Å². The van der Waals surface area contributed by atoms with E-state index in [4.69, 9.17) is 5.11 Å². The van der Waals surface area contributed by atoms with Gasteiger partial charge in [0.05, 0.1) is 5.75 Å². The number of thioether (sulfide) groups is 1. The zero-order valence-electron chi connectivity index (χ0n) is 13.1. The Hall–Kier alpha value is -1.24. The van der Waals surface area contributed by atoms with Crippen molar-refractivity contribution in [1.29, 1.82) is 0 Å². The molecular formula is C14H26N2O4S. The Kier molecular flexibility index (Phi) is 9.86. The van der Waals surface area contributed by atoms with E-state index in [1.54, 1.807) is 0 Å². The minimum atomic E-state index is -1.09. The number of carbonyl (C=O) groups excluding carboxylic acids is 2. The molecule has 7 heteroatoms. The molecule has 0 bridgehead atoms. The van der Waals surface area contributed by atoms with Crippen LogP contribution in [0.25, 0.3) is 0 Å². The Bertz CT molecular complexity index is 361. The fraction of sp³-hybridized carbons (Fsp3) is 0.786. The molecule has 0 aromatic rings. The molecule has 0 radical (unpaired) electrons. The summed E-state index contributed by atoms with van der Waals surface area (Å²) in [7, 11) is 0. The molecule has 2 amide bonds. The SMILES string of the molecule is CC(=O)NC(CSCC(=O)NC(C)CCC(C)C)C(=O)O. The van der Waals surface area contributed by atoms with Crippen molar-refractivity contribution in [3.63, 3.8) is 0 Å². The average molecular weight is 318 g/mol. The van der Waals surface area contributed by atoms with Gasteiger partial charge in [-0.2, -0.15) is 0 Å². The van der Waals surface area contributed by atoms with E-state index in [0.717, 1.165) is 12.8 Å². The molecule has 0 aliphatic heterocycles. The molecule has 0 saturated carbocycles. The summed E-state index contributed by atoms with van der Waals surface area (Å²) >= 11 is 1.20. The van der Waals surface area contributed by atoms with E-state index in [1.807, 2.05) is 6.92 Å². The van der Waals surface area contributed by atoms with Crippen LogP contribution in [0.5, 0.6) is 0 Å². The van der Waals surface area contributed by atoms with Crippen molar-refractivity contribution in [3.05, 3.63) is 0 Å². The second-order valence-electron chi connectivity index (χ2n) is 5.55. The summed E-state index contributed by atoms with van der Waals surface area (Å²) in [6.45, 7) is 7.50. The summed E-state index contributed by atoms with van der Waals surface area (Å²) in [5.74, 6) is -0.632. The van der Waals surface area contributed by atoms with Crippen LogP contribution < -0.4 is 10.6 Å². The lowest BCUT2D eigenvalue weighted by atomic mass is 10.0. The smallest absolute Gasteiger partial charge is 0.327 e. The third-order valence-corrected chi connectivity index (χ3v) is 3.81. The van der Waals surface area contributed by atoms with Gasteiger partial charge in [-0.15, -0.1) is 11.8 Å². The van der Waals surface area contributed by atoms with Crippen LogP contribution in [0.2, 0.25) is 0 Å². The maximum atomic E-state index is 11.7. The normalized spacial score (nSPS) is 13.6. The summed E-state index contributed by atoms with van der Waals surface area (Å²) in [6, 6.07) is -0.843. The highest BCUT2D eigenvalue weighted by Gasteiger charge is 2.18. The summed E-state index contributed by atoms with van der Waals surface area (Å²) < 4.78 is 0. The van der Waals surface area contributed by atoms with Crippen molar-refractivity contribution >= 4 is 29.5 Å². The zero-order chi connectivity index (χ0) is 16.4. The van der Waals surface area contributed by atoms with Gasteiger partial charge in [-0.05, 0) is 25.7 Å². The molecule has 0 rings (SSSR count). The maximum absolute atomic E-state index is 11.7. The van der Waals surface area contributed by atoms with E-state index in [2.05, 4.69) is 24.5 Å². The molecule has 0 aromatic heterocycles. The molecule has 6 nitrogen and oxygen atoms in total. The molecule has 0 saturated heterocycles. The topological polar surface area (TPSA) is 95.5 Å². The average Bonchev–Trinajstić information content (AvgIpc) is 2.34. The lowest BCUT2D eigenvalue weighted by Gasteiger charge is -2.16. The molecule has 21 heavy (non-hydrogen) atoms. The first-order chi connectivity index (χ1) is 9.72. The molecule has 0 spiro atoms. The second kappa shape index (κ2) is 10.5. The Labute approximate surface area is 130 Å². The van der Waals surface area contributed by atoms with Crippen LogP contribution in [0, 0.1) is 5.92 Å². The molecule has 122 valence electrons. The van der Waals surface area contributed by atoms with E-state index in [-0.39, 0.29) is 23.5 Å². The van der Waals surface area contributed by atoms with Gasteiger partial charge >= 0.3 is 5.97 Å². The lowest BCUT2D eigenvalue weighted by Crippen LogP contribution is -2.42. The molecular weight excluding hydrogens is 292 g/mol. The van der Waals surface area contributed by atoms with Gasteiger partial charge in [0.1, 0.15) is 6.04 Å². The molecule has 0 aliphatic rings. The standard InChI is InChI=1S/C14H26N2O4S/c1-9(2)5-6-10(3)15-13(18)8-21-7-12(14(19)20)16-11(4)17/h9-10,12H,5-8H2,1-4H3,(H,15,18)(H,16,17)(H,19,20). The van der Waals surface area contributed by atoms with E-state index < -0.39 is 17.9 Å². The fourth-order valence-electron chi connectivity index (χ4n) is 1.66. The number of amides is 2. The van der Waals surface area contributed by atoms with E-state index >= 15 is 0 Å². The molecule has 3 N–H and O–H groups in total. The maximum Gasteiger partial charge on any atom is 0.327 e. The first-order valence-corrected chi connectivity index (χ1v) is 8.24. The first-order valence-electron chi connectivity index (χ1n) is 7.09. The van der Waals surface area contributed by atoms with Gasteiger partial charge in [-0.3, -0.25) is 9.59 Å². The van der Waals surface area contributed by atoms with Gasteiger partial charge in [-0.1, -0.05) is 13.8 Å². The van der Waals surface area contributed by atoms with Crippen LogP contribution in [0.1, 0.15) is 40.5 Å². The van der Waals surface area contributed by atoms with Crippen LogP contribution in [0.4, 0.5) is 0 Å². The van der Waals surface area contributed by atoms with E-state index in [9.17, 15) is 14.4 Å². The predicted molar refractivity (Wildman–Crippen MR) is 84.2 cm³/mol. The number of carboxylic acid groups (broad SMARTS) is 1. The van der Waals surface area contributed by atoms with Crippen LogP contribution in [-0.2, 0) is 14.4 Å². The highest BCUT2D eigenvalue weighted by atomic mass is 32.2. The monoisotopic (exact) mass is 318 g/mol. The van der Waals surface area contributed by atoms with Crippen LogP contribution >= 0.6 is 11.8 Å². The predicted octanol–water partition coefficient (Wildman–Crippen LogP) is 1.25. The summed E-state index contributed by atoms with van der Waals surface area (Å²) in [4.78, 5) is 33.5. The lowest BCUT2D eigenvalue weighted by molar-refractivity contribution is -0.140. The van der Waals surface area contributed by atoms with Crippen molar-refractivity contribution in [2.75, 3.05) is 11.5 Å². The molecule has 0 aliphatic carbocycles. The zero-order valence-corrected chi connectivity index (χ0v) is 14.0. The Balaban J connectivity index is 3.96. The van der Waals surface area contributed by atoms with Crippen molar-refractivity contribution in [2.45, 2.75) is 52.6 Å². The summed E-state index contributed by atoms with van der Waals surface area (Å²) in [5.41, 5.74) is 0. The fourth-order valence-corrected chi connectivity index (χ4v) is 2.51. The number of aliphatic carboxylic acids is 1. The van der Waals surface area contributed by atoms with Crippen LogP contribution in [0.15, 0.2) is 0 Å². The van der Waals surface area contributed by atoms with Crippen LogP contribution in [0.3, 0.4) is 0 Å². The van der Waals surface area contributed by atoms with Crippen LogP contribution in [-0.4, -0.2) is 46.5 Å². The second-order valence-corrected chi connectivity index (χ2v) is 6.58. The van der Waals surface area contributed by atoms with E-state index in [1.165, 1.54) is 18.7 Å². The van der Waals surface area contributed by atoms with Crippen molar-refractivity contribution in [1.82, 2.24) is 10.6 Å². The minimum absolute atomic E-state index is 0.108. The highest BCUT2D eigenvalue weighted by Crippen LogP contribution is 2.07. The first kappa shape index (κ1) is 19.8. The van der Waals surface area contributed by atoms with Crippen molar-refractivity contribution < 1.29 is 19.5 Å².